The molecule has 0 saturated carbocycles. The molecule has 1 aromatic carbocycles. The third-order valence-corrected chi connectivity index (χ3v) is 2.73. The highest BCUT2D eigenvalue weighted by atomic mass is 32.2. The SMILES string of the molecule is CCNC(=S)Nc1ccccc1SC. The smallest absolute Gasteiger partial charge is 0.170 e. The molecule has 0 amide bonds. The second-order valence-electron chi connectivity index (χ2n) is 2.68. The van der Waals surface area contributed by atoms with Crippen LogP contribution in [0.15, 0.2) is 29.2 Å². The zero-order valence-electron chi connectivity index (χ0n) is 8.33. The number of nitrogens with one attached hydrogen (secondary N) is 2. The van der Waals surface area contributed by atoms with Crippen molar-refractivity contribution in [3.8, 4) is 0 Å². The largest absolute Gasteiger partial charge is 0.363 e. The van der Waals surface area contributed by atoms with Gasteiger partial charge in [-0.1, -0.05) is 12.1 Å². The van der Waals surface area contributed by atoms with E-state index in [0.717, 1.165) is 12.2 Å². The van der Waals surface area contributed by atoms with Gasteiger partial charge >= 0.3 is 0 Å². The highest BCUT2D eigenvalue weighted by molar-refractivity contribution is 7.98. The molecule has 4 heteroatoms. The molecule has 2 N–H and O–H groups in total. The maximum Gasteiger partial charge on any atom is 0.170 e. The first-order valence-electron chi connectivity index (χ1n) is 4.45. The van der Waals surface area contributed by atoms with E-state index in [4.69, 9.17) is 12.2 Å². The normalized spacial score (nSPS) is 9.57. The van der Waals surface area contributed by atoms with E-state index in [1.54, 1.807) is 11.8 Å². The lowest BCUT2D eigenvalue weighted by Crippen LogP contribution is -2.28. The molecule has 0 atom stereocenters. The monoisotopic (exact) mass is 226 g/mol. The molecule has 0 saturated heterocycles. The topological polar surface area (TPSA) is 24.1 Å². The van der Waals surface area contributed by atoms with Crippen molar-refractivity contribution < 1.29 is 0 Å². The minimum atomic E-state index is 0.675. The van der Waals surface area contributed by atoms with E-state index >= 15 is 0 Å². The van der Waals surface area contributed by atoms with Crippen molar-refractivity contribution in [2.75, 3.05) is 18.1 Å². The number of thioether (sulfide) groups is 1. The van der Waals surface area contributed by atoms with E-state index in [9.17, 15) is 0 Å². The van der Waals surface area contributed by atoms with Gasteiger partial charge in [-0.15, -0.1) is 11.8 Å². The molecule has 0 aliphatic heterocycles. The van der Waals surface area contributed by atoms with Crippen molar-refractivity contribution in [1.29, 1.82) is 0 Å². The Balaban J connectivity index is 2.70. The molecular formula is C10H14N2S2. The van der Waals surface area contributed by atoms with E-state index in [-0.39, 0.29) is 0 Å². The van der Waals surface area contributed by atoms with Crippen molar-refractivity contribution in [1.82, 2.24) is 5.32 Å². The van der Waals surface area contributed by atoms with Crippen LogP contribution in [0.3, 0.4) is 0 Å². The van der Waals surface area contributed by atoms with Crippen molar-refractivity contribution in [3.63, 3.8) is 0 Å². The lowest BCUT2D eigenvalue weighted by molar-refractivity contribution is 0.979. The van der Waals surface area contributed by atoms with Crippen LogP contribution in [0, 0.1) is 0 Å². The van der Waals surface area contributed by atoms with Crippen molar-refractivity contribution in [3.05, 3.63) is 24.3 Å². The Labute approximate surface area is 94.5 Å². The first-order valence-corrected chi connectivity index (χ1v) is 6.09. The second-order valence-corrected chi connectivity index (χ2v) is 3.94. The Bertz CT molecular complexity index is 313. The van der Waals surface area contributed by atoms with Gasteiger partial charge in [0.05, 0.1) is 5.69 Å². The molecule has 14 heavy (non-hydrogen) atoms. The molecule has 0 bridgehead atoms. The molecule has 0 radical (unpaired) electrons. The second kappa shape index (κ2) is 5.88. The minimum absolute atomic E-state index is 0.675. The number of hydrogen-bond acceptors (Lipinski definition) is 2. The summed E-state index contributed by atoms with van der Waals surface area (Å²) in [6, 6.07) is 8.11. The van der Waals surface area contributed by atoms with Crippen LogP contribution in [0.5, 0.6) is 0 Å². The summed E-state index contributed by atoms with van der Waals surface area (Å²) in [6.45, 7) is 2.86. The Hall–Kier alpha value is -0.740. The molecule has 0 spiro atoms. The van der Waals surface area contributed by atoms with Gasteiger partial charge in [0.15, 0.2) is 5.11 Å². The summed E-state index contributed by atoms with van der Waals surface area (Å²) in [7, 11) is 0. The van der Waals surface area contributed by atoms with Gasteiger partial charge < -0.3 is 10.6 Å². The van der Waals surface area contributed by atoms with Crippen LogP contribution >= 0.6 is 24.0 Å². The average molecular weight is 226 g/mol. The number of anilines is 1. The van der Waals surface area contributed by atoms with Crippen LogP contribution < -0.4 is 10.6 Å². The molecule has 0 fully saturated rings. The van der Waals surface area contributed by atoms with E-state index < -0.39 is 0 Å². The predicted octanol–water partition coefficient (Wildman–Crippen LogP) is 2.71. The summed E-state index contributed by atoms with van der Waals surface area (Å²) in [5.74, 6) is 0. The Kier molecular flexibility index (Phi) is 4.76. The molecule has 0 unspecified atom stereocenters. The van der Waals surface area contributed by atoms with E-state index in [1.807, 2.05) is 25.1 Å². The van der Waals surface area contributed by atoms with Crippen LogP contribution in [-0.2, 0) is 0 Å². The molecule has 1 rings (SSSR count). The van der Waals surface area contributed by atoms with Crippen LogP contribution in [0.25, 0.3) is 0 Å². The Morgan fingerprint density at radius 1 is 1.43 bits per heavy atom. The molecule has 0 aliphatic rings. The summed E-state index contributed by atoms with van der Waals surface area (Å²) in [5.41, 5.74) is 1.06. The average Bonchev–Trinajstić information content (AvgIpc) is 2.19. The molecule has 1 aromatic rings. The van der Waals surface area contributed by atoms with Gasteiger partial charge in [0, 0.05) is 11.4 Å². The highest BCUT2D eigenvalue weighted by Crippen LogP contribution is 2.24. The van der Waals surface area contributed by atoms with Crippen LogP contribution in [0.4, 0.5) is 5.69 Å². The molecule has 2 nitrogen and oxygen atoms in total. The van der Waals surface area contributed by atoms with Gasteiger partial charge in [0.2, 0.25) is 0 Å². The fourth-order valence-electron chi connectivity index (χ4n) is 1.07. The third-order valence-electron chi connectivity index (χ3n) is 1.69. The summed E-state index contributed by atoms with van der Waals surface area (Å²) in [4.78, 5) is 1.20. The van der Waals surface area contributed by atoms with Gasteiger partial charge in [-0.05, 0) is 37.5 Å². The molecule has 0 aliphatic carbocycles. The zero-order chi connectivity index (χ0) is 10.4. The fourth-order valence-corrected chi connectivity index (χ4v) is 1.88. The van der Waals surface area contributed by atoms with Gasteiger partial charge in [-0.2, -0.15) is 0 Å². The third kappa shape index (κ3) is 3.20. The fraction of sp³-hybridized carbons (Fsp3) is 0.300. The molecule has 76 valence electrons. The summed E-state index contributed by atoms with van der Waals surface area (Å²) in [5, 5.41) is 6.89. The summed E-state index contributed by atoms with van der Waals surface area (Å²) < 4.78 is 0. The van der Waals surface area contributed by atoms with Crippen molar-refractivity contribution in [2.24, 2.45) is 0 Å². The van der Waals surface area contributed by atoms with Gasteiger partial charge in [-0.25, -0.2) is 0 Å². The van der Waals surface area contributed by atoms with Gasteiger partial charge in [0.1, 0.15) is 0 Å². The predicted molar refractivity (Wildman–Crippen MR) is 68.1 cm³/mol. The van der Waals surface area contributed by atoms with Crippen LogP contribution in [-0.4, -0.2) is 17.9 Å². The molecule has 0 heterocycles. The minimum Gasteiger partial charge on any atom is -0.363 e. The van der Waals surface area contributed by atoms with Gasteiger partial charge in [0.25, 0.3) is 0 Å². The lowest BCUT2D eigenvalue weighted by Gasteiger charge is -2.11. The Morgan fingerprint density at radius 2 is 2.14 bits per heavy atom. The van der Waals surface area contributed by atoms with Crippen LogP contribution in [0.2, 0.25) is 0 Å². The van der Waals surface area contributed by atoms with Crippen LogP contribution in [0.1, 0.15) is 6.92 Å². The van der Waals surface area contributed by atoms with Gasteiger partial charge in [-0.3, -0.25) is 0 Å². The standard InChI is InChI=1S/C10H14N2S2/c1-3-11-10(13)12-8-6-4-5-7-9(8)14-2/h4-7H,3H2,1-2H3,(H2,11,12,13). The highest BCUT2D eigenvalue weighted by Gasteiger charge is 2.00. The zero-order valence-corrected chi connectivity index (χ0v) is 9.97. The first-order chi connectivity index (χ1) is 6.77. The number of para-hydroxylation sites is 1. The summed E-state index contributed by atoms with van der Waals surface area (Å²) in [6.07, 6.45) is 2.05. The number of hydrogen-bond donors (Lipinski definition) is 2. The summed E-state index contributed by atoms with van der Waals surface area (Å²) >= 11 is 6.82. The van der Waals surface area contributed by atoms with Crippen molar-refractivity contribution in [2.45, 2.75) is 11.8 Å². The maximum atomic E-state index is 5.11. The van der Waals surface area contributed by atoms with E-state index in [0.29, 0.717) is 5.11 Å². The number of rotatable bonds is 3. The maximum absolute atomic E-state index is 5.11. The quantitative estimate of drug-likeness (QED) is 0.611. The number of thiocarbonyl (C=S) groups is 1. The molecule has 0 aromatic heterocycles. The van der Waals surface area contributed by atoms with Crippen molar-refractivity contribution >= 4 is 34.8 Å². The first kappa shape index (κ1) is 11.3. The number of benzene rings is 1. The Morgan fingerprint density at radius 3 is 2.79 bits per heavy atom. The van der Waals surface area contributed by atoms with E-state index in [2.05, 4.69) is 23.0 Å². The lowest BCUT2D eigenvalue weighted by atomic mass is 10.3. The van der Waals surface area contributed by atoms with E-state index in [1.165, 1.54) is 4.90 Å². The molecular weight excluding hydrogens is 212 g/mol.